The van der Waals surface area contributed by atoms with Crippen molar-refractivity contribution in [2.24, 2.45) is 0 Å². The Morgan fingerprint density at radius 2 is 1.61 bits per heavy atom. The van der Waals surface area contributed by atoms with Gasteiger partial charge >= 0.3 is 0 Å². The van der Waals surface area contributed by atoms with Crippen LogP contribution in [0.15, 0.2) is 52.3 Å². The van der Waals surface area contributed by atoms with Crippen LogP contribution in [-0.4, -0.2) is 34.2 Å². The third kappa shape index (κ3) is 4.75. The van der Waals surface area contributed by atoms with Crippen LogP contribution in [0.25, 0.3) is 0 Å². The van der Waals surface area contributed by atoms with Gasteiger partial charge in [0.25, 0.3) is 0 Å². The van der Waals surface area contributed by atoms with Gasteiger partial charge in [0.1, 0.15) is 0 Å². The third-order valence-corrected chi connectivity index (χ3v) is 8.48. The van der Waals surface area contributed by atoms with Gasteiger partial charge in [-0.05, 0) is 61.2 Å². The molecule has 3 rings (SSSR count). The molecular weight excluding hydrogens is 420 g/mol. The summed E-state index contributed by atoms with van der Waals surface area (Å²) in [5.41, 5.74) is 1.23. The Bertz CT molecular complexity index is 1050. The summed E-state index contributed by atoms with van der Waals surface area (Å²) in [6.07, 6.45) is 2.81. The van der Waals surface area contributed by atoms with E-state index >= 15 is 0 Å². The minimum Gasteiger partial charge on any atom is -0.207 e. The van der Waals surface area contributed by atoms with Gasteiger partial charge in [-0.15, -0.1) is 0 Å². The zero-order valence-corrected chi connectivity index (χ0v) is 17.9. The van der Waals surface area contributed by atoms with Crippen molar-refractivity contribution in [3.8, 4) is 0 Å². The summed E-state index contributed by atoms with van der Waals surface area (Å²) in [5.74, 6) is 0. The van der Waals surface area contributed by atoms with E-state index in [1.807, 2.05) is 0 Å². The first-order valence-electron chi connectivity index (χ1n) is 9.05. The van der Waals surface area contributed by atoms with Crippen molar-refractivity contribution in [2.45, 2.75) is 42.5 Å². The molecule has 0 spiro atoms. The smallest absolute Gasteiger partial charge is 0.207 e. The molecule has 152 valence electrons. The molecule has 1 fully saturated rings. The highest BCUT2D eigenvalue weighted by Crippen LogP contribution is 2.22. The number of hydrogen-bond acceptors (Lipinski definition) is 4. The first-order valence-corrected chi connectivity index (χ1v) is 12.4. The van der Waals surface area contributed by atoms with Crippen LogP contribution in [0.4, 0.5) is 0 Å². The average Bonchev–Trinajstić information content (AvgIpc) is 2.67. The maximum atomic E-state index is 12.7. The standard InChI is InChI=1S/C19H23ClN2O4S2/c1-15-13-17(20)7-10-19(15)27(23,24)21-14-16-5-8-18(9-6-16)28(25,26)22-11-3-2-4-12-22/h5-10,13,21H,2-4,11-12,14H2,1H3. The minimum atomic E-state index is -3.70. The normalized spacial score (nSPS) is 16.2. The lowest BCUT2D eigenvalue weighted by Gasteiger charge is -2.25. The maximum Gasteiger partial charge on any atom is 0.243 e. The molecule has 0 aromatic heterocycles. The molecule has 1 heterocycles. The van der Waals surface area contributed by atoms with E-state index in [1.165, 1.54) is 28.6 Å². The molecule has 0 bridgehead atoms. The van der Waals surface area contributed by atoms with Crippen LogP contribution in [0, 0.1) is 6.92 Å². The topological polar surface area (TPSA) is 83.5 Å². The summed E-state index contributed by atoms with van der Waals surface area (Å²) in [5, 5.41) is 0.474. The number of rotatable bonds is 6. The summed E-state index contributed by atoms with van der Waals surface area (Å²) in [6, 6.07) is 10.9. The van der Waals surface area contributed by atoms with Crippen molar-refractivity contribution in [3.63, 3.8) is 0 Å². The zero-order chi connectivity index (χ0) is 20.4. The Morgan fingerprint density at radius 1 is 0.964 bits per heavy atom. The second kappa shape index (κ2) is 8.51. The number of aryl methyl sites for hydroxylation is 1. The van der Waals surface area contributed by atoms with Crippen molar-refractivity contribution < 1.29 is 16.8 Å². The second-order valence-corrected chi connectivity index (χ2v) is 11.0. The Kier molecular flexibility index (Phi) is 6.46. The number of hydrogen-bond donors (Lipinski definition) is 1. The van der Waals surface area contributed by atoms with E-state index in [0.717, 1.165) is 19.3 Å². The van der Waals surface area contributed by atoms with Gasteiger partial charge in [0, 0.05) is 24.7 Å². The molecule has 2 aromatic rings. The molecule has 0 unspecified atom stereocenters. The largest absolute Gasteiger partial charge is 0.243 e. The van der Waals surface area contributed by atoms with Crippen LogP contribution in [0.2, 0.25) is 5.02 Å². The van der Waals surface area contributed by atoms with E-state index in [0.29, 0.717) is 29.2 Å². The Labute approximate surface area is 171 Å². The van der Waals surface area contributed by atoms with Gasteiger partial charge in [-0.2, -0.15) is 4.31 Å². The second-order valence-electron chi connectivity index (χ2n) is 6.84. The maximum absolute atomic E-state index is 12.7. The van der Waals surface area contributed by atoms with Crippen LogP contribution in [0.1, 0.15) is 30.4 Å². The Morgan fingerprint density at radius 3 is 2.21 bits per heavy atom. The lowest BCUT2D eigenvalue weighted by Crippen LogP contribution is -2.35. The first kappa shape index (κ1) is 21.3. The number of nitrogens with zero attached hydrogens (tertiary/aromatic N) is 1. The highest BCUT2D eigenvalue weighted by molar-refractivity contribution is 7.89. The number of piperidine rings is 1. The van der Waals surface area contributed by atoms with Gasteiger partial charge in [0.15, 0.2) is 0 Å². The van der Waals surface area contributed by atoms with Crippen molar-refractivity contribution in [2.75, 3.05) is 13.1 Å². The number of halogens is 1. The zero-order valence-electron chi connectivity index (χ0n) is 15.6. The lowest BCUT2D eigenvalue weighted by atomic mass is 10.2. The van der Waals surface area contributed by atoms with Crippen LogP contribution >= 0.6 is 11.6 Å². The van der Waals surface area contributed by atoms with Gasteiger partial charge in [0.05, 0.1) is 9.79 Å². The van der Waals surface area contributed by atoms with Crippen molar-refractivity contribution in [3.05, 3.63) is 58.6 Å². The summed E-state index contributed by atoms with van der Waals surface area (Å²) >= 11 is 5.88. The molecule has 6 nitrogen and oxygen atoms in total. The predicted molar refractivity (Wildman–Crippen MR) is 109 cm³/mol. The molecular formula is C19H23ClN2O4S2. The van der Waals surface area contributed by atoms with Crippen LogP contribution in [0.5, 0.6) is 0 Å². The van der Waals surface area contributed by atoms with Gasteiger partial charge in [-0.1, -0.05) is 30.2 Å². The van der Waals surface area contributed by atoms with Crippen molar-refractivity contribution in [1.29, 1.82) is 0 Å². The molecule has 0 atom stereocenters. The Balaban J connectivity index is 1.70. The van der Waals surface area contributed by atoms with E-state index < -0.39 is 20.0 Å². The summed E-state index contributed by atoms with van der Waals surface area (Å²) in [7, 11) is -7.19. The lowest BCUT2D eigenvalue weighted by molar-refractivity contribution is 0.346. The van der Waals surface area contributed by atoms with Crippen LogP contribution < -0.4 is 4.72 Å². The summed E-state index contributed by atoms with van der Waals surface area (Å²) < 4.78 is 54.4. The summed E-state index contributed by atoms with van der Waals surface area (Å²) in [4.78, 5) is 0.399. The Hall–Kier alpha value is -1.45. The highest BCUT2D eigenvalue weighted by Gasteiger charge is 2.25. The van der Waals surface area contributed by atoms with E-state index in [9.17, 15) is 16.8 Å². The molecule has 0 saturated carbocycles. The quantitative estimate of drug-likeness (QED) is 0.743. The monoisotopic (exact) mass is 442 g/mol. The fraction of sp³-hybridized carbons (Fsp3) is 0.368. The average molecular weight is 443 g/mol. The van der Waals surface area contributed by atoms with Crippen molar-refractivity contribution in [1.82, 2.24) is 9.03 Å². The molecule has 1 N–H and O–H groups in total. The molecule has 0 aliphatic carbocycles. The van der Waals surface area contributed by atoms with Gasteiger partial charge in [-0.25, -0.2) is 21.6 Å². The number of sulfonamides is 2. The van der Waals surface area contributed by atoms with Gasteiger partial charge in [0.2, 0.25) is 20.0 Å². The van der Waals surface area contributed by atoms with E-state index in [1.54, 1.807) is 25.1 Å². The van der Waals surface area contributed by atoms with E-state index in [2.05, 4.69) is 4.72 Å². The molecule has 1 aliphatic rings. The molecule has 1 saturated heterocycles. The number of benzene rings is 2. The third-order valence-electron chi connectivity index (χ3n) is 4.77. The molecule has 0 radical (unpaired) electrons. The molecule has 2 aromatic carbocycles. The van der Waals surface area contributed by atoms with Crippen molar-refractivity contribution >= 4 is 31.6 Å². The molecule has 0 amide bonds. The van der Waals surface area contributed by atoms with Crippen LogP contribution in [0.3, 0.4) is 0 Å². The molecule has 9 heteroatoms. The predicted octanol–water partition coefficient (Wildman–Crippen LogP) is 3.30. The number of nitrogens with one attached hydrogen (secondary N) is 1. The van der Waals surface area contributed by atoms with E-state index in [-0.39, 0.29) is 16.3 Å². The molecule has 28 heavy (non-hydrogen) atoms. The molecule has 1 aliphatic heterocycles. The highest BCUT2D eigenvalue weighted by atomic mass is 35.5. The SMILES string of the molecule is Cc1cc(Cl)ccc1S(=O)(=O)NCc1ccc(S(=O)(=O)N2CCCCC2)cc1. The van der Waals surface area contributed by atoms with Gasteiger partial charge in [-0.3, -0.25) is 0 Å². The first-order chi connectivity index (χ1) is 13.2. The van der Waals surface area contributed by atoms with E-state index in [4.69, 9.17) is 11.6 Å². The van der Waals surface area contributed by atoms with Crippen LogP contribution in [-0.2, 0) is 26.6 Å². The summed E-state index contributed by atoms with van der Waals surface area (Å²) in [6.45, 7) is 2.84. The van der Waals surface area contributed by atoms with Gasteiger partial charge < -0.3 is 0 Å². The fourth-order valence-electron chi connectivity index (χ4n) is 3.20. The fourth-order valence-corrected chi connectivity index (χ4v) is 6.19. The minimum absolute atomic E-state index is 0.0639.